The first kappa shape index (κ1) is 30.2. The number of aromatic nitrogens is 1. The van der Waals surface area contributed by atoms with E-state index in [9.17, 15) is 14.9 Å². The third kappa shape index (κ3) is 6.58. The van der Waals surface area contributed by atoms with Gasteiger partial charge in [-0.25, -0.2) is 4.98 Å². The predicted octanol–water partition coefficient (Wildman–Crippen LogP) is 5.62. The zero-order valence-electron chi connectivity index (χ0n) is 25.1. The van der Waals surface area contributed by atoms with Crippen LogP contribution in [-0.4, -0.2) is 46.4 Å². The predicted molar refractivity (Wildman–Crippen MR) is 161 cm³/mol. The van der Waals surface area contributed by atoms with Crippen LogP contribution < -0.4 is 10.6 Å². The van der Waals surface area contributed by atoms with E-state index in [1.54, 1.807) is 11.3 Å². The lowest BCUT2D eigenvalue weighted by molar-refractivity contribution is -0.128. The normalized spacial score (nSPS) is 20.1. The van der Waals surface area contributed by atoms with E-state index in [1.807, 2.05) is 12.4 Å². The average Bonchev–Trinajstić information content (AvgIpc) is 3.32. The molecule has 1 aliphatic carbocycles. The first-order valence-electron chi connectivity index (χ1n) is 14.6. The van der Waals surface area contributed by atoms with Gasteiger partial charge in [0.15, 0.2) is 0 Å². The summed E-state index contributed by atoms with van der Waals surface area (Å²) in [7, 11) is 0. The van der Waals surface area contributed by atoms with Gasteiger partial charge in [0.1, 0.15) is 5.41 Å². The highest BCUT2D eigenvalue weighted by atomic mass is 32.1. The van der Waals surface area contributed by atoms with Gasteiger partial charge in [0.25, 0.3) is 0 Å². The van der Waals surface area contributed by atoms with Crippen molar-refractivity contribution in [3.63, 3.8) is 0 Å². The van der Waals surface area contributed by atoms with Crippen LogP contribution in [0.1, 0.15) is 84.0 Å². The van der Waals surface area contributed by atoms with E-state index in [2.05, 4.69) is 86.3 Å². The molecule has 2 N–H and O–H groups in total. The summed E-state index contributed by atoms with van der Waals surface area (Å²) in [4.78, 5) is 34.4. The molecule has 8 heteroatoms. The smallest absolute Gasteiger partial charge is 0.240 e. The molecule has 1 saturated carbocycles. The number of carbonyl (C=O) groups excluding carboxylic acids is 2. The van der Waals surface area contributed by atoms with Gasteiger partial charge >= 0.3 is 0 Å². The second-order valence-electron chi connectivity index (χ2n) is 13.2. The highest BCUT2D eigenvalue weighted by Crippen LogP contribution is 2.45. The van der Waals surface area contributed by atoms with Crippen molar-refractivity contribution in [2.75, 3.05) is 6.54 Å². The molecule has 1 aliphatic heterocycles. The Hall–Kier alpha value is -2.76. The first-order chi connectivity index (χ1) is 18.9. The van der Waals surface area contributed by atoms with Crippen LogP contribution in [0.4, 0.5) is 0 Å². The largest absolute Gasteiger partial charge is 0.351 e. The van der Waals surface area contributed by atoms with Crippen molar-refractivity contribution in [1.29, 1.82) is 5.26 Å². The minimum Gasteiger partial charge on any atom is -0.351 e. The lowest BCUT2D eigenvalue weighted by Crippen LogP contribution is -2.59. The lowest BCUT2D eigenvalue weighted by atomic mass is 9.81. The molecule has 3 atom stereocenters. The maximum absolute atomic E-state index is 13.6. The SMILES string of the molecule is Cc1ncsc1-c1ccc(CNC(=O)C2CCCN2C(C)C(NC(=O)C2(C#N)CC2)C(C)(C)C)c(CC(C)C)c1. The number of benzene rings is 1. The number of hydrogen-bond acceptors (Lipinski definition) is 6. The zero-order valence-corrected chi connectivity index (χ0v) is 26.0. The number of likely N-dealkylation sites (tertiary alicyclic amines) is 1. The molecule has 4 rings (SSSR count). The summed E-state index contributed by atoms with van der Waals surface area (Å²) in [6.07, 6.45) is 3.93. The summed E-state index contributed by atoms with van der Waals surface area (Å²) >= 11 is 1.66. The van der Waals surface area contributed by atoms with Crippen molar-refractivity contribution in [1.82, 2.24) is 20.5 Å². The van der Waals surface area contributed by atoms with E-state index in [4.69, 9.17) is 0 Å². The summed E-state index contributed by atoms with van der Waals surface area (Å²) < 4.78 is 0. The Bertz CT molecular complexity index is 1270. The highest BCUT2D eigenvalue weighted by molar-refractivity contribution is 7.13. The summed E-state index contributed by atoms with van der Waals surface area (Å²) in [6.45, 7) is 16.2. The van der Waals surface area contributed by atoms with Crippen molar-refractivity contribution >= 4 is 23.2 Å². The van der Waals surface area contributed by atoms with Crippen LogP contribution in [0.25, 0.3) is 10.4 Å². The van der Waals surface area contributed by atoms with Crippen molar-refractivity contribution < 1.29 is 9.59 Å². The Morgan fingerprint density at radius 3 is 2.52 bits per heavy atom. The standard InChI is InChI=1S/C32H45N5O2S/c1-20(2)15-25-16-23(27-21(3)35-19-40-27)10-11-24(25)17-34-29(38)26-9-8-14-37(26)22(4)28(31(5,6)7)36-30(39)32(18-33)12-13-32/h10-11,16,19-20,22,26,28H,8-9,12-15,17H2,1-7H3,(H,34,38)(H,36,39). The average molecular weight is 564 g/mol. The fourth-order valence-corrected chi connectivity index (χ4v) is 6.86. The molecule has 2 amide bonds. The number of nitrogens with one attached hydrogen (secondary N) is 2. The van der Waals surface area contributed by atoms with Gasteiger partial charge < -0.3 is 10.6 Å². The Morgan fingerprint density at radius 1 is 1.23 bits per heavy atom. The Kier molecular flexibility index (Phi) is 9.06. The summed E-state index contributed by atoms with van der Waals surface area (Å²) in [6, 6.07) is 8.29. The van der Waals surface area contributed by atoms with Gasteiger partial charge in [-0.1, -0.05) is 46.8 Å². The molecule has 2 aromatic rings. The number of hydrogen-bond donors (Lipinski definition) is 2. The topological polar surface area (TPSA) is 98.1 Å². The number of nitrogens with zero attached hydrogens (tertiary/aromatic N) is 3. The van der Waals surface area contributed by atoms with Crippen LogP contribution in [0, 0.1) is 35.0 Å². The molecule has 7 nitrogen and oxygen atoms in total. The molecule has 0 bridgehead atoms. The molecule has 0 spiro atoms. The summed E-state index contributed by atoms with van der Waals surface area (Å²) in [5, 5.41) is 16.0. The molecule has 2 heterocycles. The molecule has 3 unspecified atom stereocenters. The fraction of sp³-hybridized carbons (Fsp3) is 0.625. The van der Waals surface area contributed by atoms with Crippen LogP contribution in [0.5, 0.6) is 0 Å². The molecule has 1 saturated heterocycles. The van der Waals surface area contributed by atoms with Crippen LogP contribution in [0.15, 0.2) is 23.7 Å². The molecule has 0 radical (unpaired) electrons. The van der Waals surface area contributed by atoms with Crippen molar-refractivity contribution in [3.8, 4) is 16.5 Å². The van der Waals surface area contributed by atoms with Crippen molar-refractivity contribution in [3.05, 3.63) is 40.5 Å². The third-order valence-electron chi connectivity index (χ3n) is 8.52. The zero-order chi connectivity index (χ0) is 29.2. The number of rotatable bonds is 10. The number of carbonyl (C=O) groups is 2. The molecule has 1 aromatic carbocycles. The monoisotopic (exact) mass is 563 g/mol. The van der Waals surface area contributed by atoms with Gasteiger partial charge in [-0.2, -0.15) is 5.26 Å². The first-order valence-corrected chi connectivity index (χ1v) is 15.5. The fourth-order valence-electron chi connectivity index (χ4n) is 6.05. The quantitative estimate of drug-likeness (QED) is 0.391. The van der Waals surface area contributed by atoms with Crippen LogP contribution in [-0.2, 0) is 22.6 Å². The maximum Gasteiger partial charge on any atom is 0.240 e. The molecule has 1 aromatic heterocycles. The number of aryl methyl sites for hydroxylation is 1. The number of amides is 2. The number of nitriles is 1. The van der Waals surface area contributed by atoms with E-state index in [0.29, 0.717) is 25.3 Å². The minimum atomic E-state index is -0.868. The van der Waals surface area contributed by atoms with Crippen LogP contribution >= 0.6 is 11.3 Å². The Labute approximate surface area is 243 Å². The van der Waals surface area contributed by atoms with E-state index >= 15 is 0 Å². The number of thiazole rings is 1. The highest BCUT2D eigenvalue weighted by Gasteiger charge is 2.52. The Morgan fingerprint density at radius 2 is 1.95 bits per heavy atom. The van der Waals surface area contributed by atoms with Gasteiger partial charge in [-0.3, -0.25) is 14.5 Å². The Balaban J connectivity index is 1.47. The van der Waals surface area contributed by atoms with E-state index < -0.39 is 5.41 Å². The second-order valence-corrected chi connectivity index (χ2v) is 14.1. The minimum absolute atomic E-state index is 0.0388. The molecular weight excluding hydrogens is 518 g/mol. The van der Waals surface area contributed by atoms with Gasteiger partial charge in [0.05, 0.1) is 28.2 Å². The second kappa shape index (κ2) is 12.0. The molecule has 2 fully saturated rings. The molecular formula is C32H45N5O2S. The third-order valence-corrected chi connectivity index (χ3v) is 9.49. The van der Waals surface area contributed by atoms with Gasteiger partial charge in [0, 0.05) is 18.6 Å². The van der Waals surface area contributed by atoms with Gasteiger partial charge in [-0.15, -0.1) is 11.3 Å². The molecule has 216 valence electrons. The van der Waals surface area contributed by atoms with E-state index in [-0.39, 0.29) is 35.4 Å². The van der Waals surface area contributed by atoms with E-state index in [0.717, 1.165) is 37.1 Å². The van der Waals surface area contributed by atoms with Crippen molar-refractivity contribution in [2.45, 2.75) is 105 Å². The van der Waals surface area contributed by atoms with E-state index in [1.165, 1.54) is 16.0 Å². The van der Waals surface area contributed by atoms with Crippen LogP contribution in [0.2, 0.25) is 0 Å². The van der Waals surface area contributed by atoms with Crippen LogP contribution in [0.3, 0.4) is 0 Å². The lowest BCUT2D eigenvalue weighted by Gasteiger charge is -2.42. The maximum atomic E-state index is 13.6. The molecule has 2 aliphatic rings. The molecule has 40 heavy (non-hydrogen) atoms. The van der Waals surface area contributed by atoms with Gasteiger partial charge in [-0.05, 0) is 86.6 Å². The summed E-state index contributed by atoms with van der Waals surface area (Å²) in [5.41, 5.74) is 5.43. The summed E-state index contributed by atoms with van der Waals surface area (Å²) in [5.74, 6) is 0.368. The van der Waals surface area contributed by atoms with Crippen molar-refractivity contribution in [2.24, 2.45) is 16.7 Å². The van der Waals surface area contributed by atoms with Gasteiger partial charge in [0.2, 0.25) is 11.8 Å².